The Kier molecular flexibility index (Phi) is 8.64. The van der Waals surface area contributed by atoms with Crippen molar-refractivity contribution in [2.75, 3.05) is 26.3 Å². The van der Waals surface area contributed by atoms with Gasteiger partial charge in [-0.15, -0.1) is 0 Å². The van der Waals surface area contributed by atoms with Gasteiger partial charge in [0.05, 0.1) is 24.7 Å². The summed E-state index contributed by atoms with van der Waals surface area (Å²) in [7, 11) is 0. The zero-order valence-corrected chi connectivity index (χ0v) is 23.4. The smallest absolute Gasteiger partial charge is 0.249 e. The van der Waals surface area contributed by atoms with Gasteiger partial charge in [-0.3, -0.25) is 9.59 Å². The highest BCUT2D eigenvalue weighted by atomic mass is 16.5. The first kappa shape index (κ1) is 28.1. The van der Waals surface area contributed by atoms with Crippen LogP contribution in [0.15, 0.2) is 35.9 Å². The van der Waals surface area contributed by atoms with E-state index >= 15 is 0 Å². The van der Waals surface area contributed by atoms with E-state index in [1.54, 1.807) is 11.0 Å². The molecule has 0 bridgehead atoms. The second kappa shape index (κ2) is 12.0. The van der Waals surface area contributed by atoms with Crippen molar-refractivity contribution >= 4 is 11.8 Å². The Morgan fingerprint density at radius 2 is 1.95 bits per heavy atom. The molecule has 2 fully saturated rings. The molecular weight excluding hydrogens is 496 g/mol. The number of nitrogens with zero attached hydrogens (tertiary/aromatic N) is 1. The fourth-order valence-electron chi connectivity index (χ4n) is 6.73. The van der Waals surface area contributed by atoms with Crippen LogP contribution in [0.4, 0.5) is 0 Å². The van der Waals surface area contributed by atoms with Crippen molar-refractivity contribution in [3.63, 3.8) is 0 Å². The molecule has 0 radical (unpaired) electrons. The lowest BCUT2D eigenvalue weighted by Crippen LogP contribution is -2.57. The van der Waals surface area contributed by atoms with E-state index in [2.05, 4.69) is 26.1 Å². The first-order chi connectivity index (χ1) is 18.8. The zero-order chi connectivity index (χ0) is 27.7. The van der Waals surface area contributed by atoms with Crippen LogP contribution in [0, 0.1) is 23.7 Å². The lowest BCUT2D eigenvalue weighted by atomic mass is 9.75. The van der Waals surface area contributed by atoms with Gasteiger partial charge < -0.3 is 29.9 Å². The van der Waals surface area contributed by atoms with Crippen molar-refractivity contribution in [1.29, 1.82) is 0 Å². The number of nitrogens with one attached hydrogen (secondary N) is 1. The number of para-hydroxylation sites is 1. The van der Waals surface area contributed by atoms with Crippen LogP contribution in [0.2, 0.25) is 0 Å². The molecule has 2 amide bonds. The highest BCUT2D eigenvalue weighted by Crippen LogP contribution is 2.47. The van der Waals surface area contributed by atoms with E-state index in [9.17, 15) is 19.8 Å². The standard InChI is InChI=1S/C31H44N2O6/c1-18(2)21-11-8-19(3)14-26(21)38-17-27(35)33(16-20-9-10-20)24-15-23(31(37)32-12-13-34)28-22-6-4-5-7-25(22)39-30(28)29(24)36/h4-7,15,18-21,24,26,28-30,34,36H,8-14,16-17H2,1-3H3,(H,32,37)/t19-,21+,24+,26-,28-,29-,30-/m0/s1. The predicted molar refractivity (Wildman–Crippen MR) is 147 cm³/mol. The quantitative estimate of drug-likeness (QED) is 0.421. The molecule has 1 heterocycles. The Bertz CT molecular complexity index is 1070. The lowest BCUT2D eigenvalue weighted by Gasteiger charge is -2.41. The molecule has 1 aromatic carbocycles. The van der Waals surface area contributed by atoms with Crippen molar-refractivity contribution in [2.45, 2.75) is 83.1 Å². The van der Waals surface area contributed by atoms with E-state index in [0.29, 0.717) is 41.5 Å². The Hall–Kier alpha value is -2.42. The number of carbonyl (C=O) groups is 2. The molecule has 0 saturated heterocycles. The van der Waals surface area contributed by atoms with Crippen LogP contribution in [-0.2, 0) is 14.3 Å². The SMILES string of the molecule is CC(C)[C@H]1CC[C@H](C)C[C@@H]1OCC(=O)N(CC1CC1)[C@@H]1C=C(C(=O)NCCO)[C@@H]2c3ccccc3O[C@@H]2[C@H]1O. The molecule has 3 aliphatic carbocycles. The number of hydrogen-bond acceptors (Lipinski definition) is 6. The van der Waals surface area contributed by atoms with Gasteiger partial charge >= 0.3 is 0 Å². The molecule has 2 saturated carbocycles. The third-order valence-electron chi connectivity index (χ3n) is 9.09. The Labute approximate surface area is 231 Å². The van der Waals surface area contributed by atoms with Gasteiger partial charge in [0.25, 0.3) is 0 Å². The molecule has 8 heteroatoms. The lowest BCUT2D eigenvalue weighted by molar-refractivity contribution is -0.147. The van der Waals surface area contributed by atoms with Crippen molar-refractivity contribution < 1.29 is 29.3 Å². The van der Waals surface area contributed by atoms with Crippen LogP contribution < -0.4 is 10.1 Å². The summed E-state index contributed by atoms with van der Waals surface area (Å²) < 4.78 is 12.5. The largest absolute Gasteiger partial charge is 0.486 e. The van der Waals surface area contributed by atoms with E-state index in [0.717, 1.165) is 31.2 Å². The maximum Gasteiger partial charge on any atom is 0.249 e. The number of hydrogen-bond donors (Lipinski definition) is 3. The van der Waals surface area contributed by atoms with Gasteiger partial charge in [0.15, 0.2) is 0 Å². The summed E-state index contributed by atoms with van der Waals surface area (Å²) in [5, 5.41) is 23.7. The first-order valence-electron chi connectivity index (χ1n) is 14.7. The number of ether oxygens (including phenoxy) is 2. The van der Waals surface area contributed by atoms with Gasteiger partial charge in [0.2, 0.25) is 11.8 Å². The molecule has 0 unspecified atom stereocenters. The highest BCUT2D eigenvalue weighted by molar-refractivity contribution is 5.96. The molecule has 0 spiro atoms. The van der Waals surface area contributed by atoms with Crippen LogP contribution in [0.1, 0.15) is 64.4 Å². The molecule has 5 rings (SSSR count). The summed E-state index contributed by atoms with van der Waals surface area (Å²) in [5.41, 5.74) is 1.31. The summed E-state index contributed by atoms with van der Waals surface area (Å²) in [5.74, 6) is 1.59. The van der Waals surface area contributed by atoms with Gasteiger partial charge in [-0.1, -0.05) is 45.4 Å². The fraction of sp³-hybridized carbons (Fsp3) is 0.677. The monoisotopic (exact) mass is 540 g/mol. The van der Waals surface area contributed by atoms with Gasteiger partial charge in [-0.2, -0.15) is 0 Å². The minimum atomic E-state index is -1.00. The minimum Gasteiger partial charge on any atom is -0.486 e. The second-order valence-electron chi connectivity index (χ2n) is 12.3. The predicted octanol–water partition coefficient (Wildman–Crippen LogP) is 3.03. The van der Waals surface area contributed by atoms with E-state index in [-0.39, 0.29) is 37.7 Å². The molecule has 7 atom stereocenters. The molecule has 8 nitrogen and oxygen atoms in total. The number of amides is 2. The molecule has 1 aliphatic heterocycles. The Morgan fingerprint density at radius 3 is 2.67 bits per heavy atom. The number of rotatable bonds is 10. The molecule has 0 aromatic heterocycles. The second-order valence-corrected chi connectivity index (χ2v) is 12.3. The topological polar surface area (TPSA) is 108 Å². The average Bonchev–Trinajstić information content (AvgIpc) is 3.66. The van der Waals surface area contributed by atoms with Crippen LogP contribution in [0.3, 0.4) is 0 Å². The summed E-state index contributed by atoms with van der Waals surface area (Å²) in [4.78, 5) is 28.8. The van der Waals surface area contributed by atoms with Gasteiger partial charge in [-0.05, 0) is 61.5 Å². The number of carbonyl (C=O) groups excluding carboxylic acids is 2. The fourth-order valence-corrected chi connectivity index (χ4v) is 6.73. The maximum atomic E-state index is 13.8. The third-order valence-corrected chi connectivity index (χ3v) is 9.09. The summed E-state index contributed by atoms with van der Waals surface area (Å²) in [6.07, 6.45) is 5.46. The van der Waals surface area contributed by atoms with E-state index in [4.69, 9.17) is 9.47 Å². The van der Waals surface area contributed by atoms with Crippen molar-refractivity contribution in [2.24, 2.45) is 23.7 Å². The number of aliphatic hydroxyl groups is 2. The highest BCUT2D eigenvalue weighted by Gasteiger charge is 2.51. The normalized spacial score (nSPS) is 31.6. The summed E-state index contributed by atoms with van der Waals surface area (Å²) in [6.45, 7) is 7.13. The van der Waals surface area contributed by atoms with Gasteiger partial charge in [-0.25, -0.2) is 0 Å². The van der Waals surface area contributed by atoms with Crippen molar-refractivity contribution in [3.05, 3.63) is 41.5 Å². The number of aliphatic hydroxyl groups excluding tert-OH is 2. The van der Waals surface area contributed by atoms with Crippen LogP contribution in [0.5, 0.6) is 5.75 Å². The number of benzene rings is 1. The Morgan fingerprint density at radius 1 is 1.18 bits per heavy atom. The average molecular weight is 541 g/mol. The van der Waals surface area contributed by atoms with Crippen LogP contribution >= 0.6 is 0 Å². The first-order valence-corrected chi connectivity index (χ1v) is 14.7. The molecular formula is C31H44N2O6. The Balaban J connectivity index is 1.40. The molecule has 214 valence electrons. The van der Waals surface area contributed by atoms with Crippen LogP contribution in [0.25, 0.3) is 0 Å². The van der Waals surface area contributed by atoms with Crippen molar-refractivity contribution in [1.82, 2.24) is 10.2 Å². The minimum absolute atomic E-state index is 0.0361. The van der Waals surface area contributed by atoms with Gasteiger partial charge in [0, 0.05) is 24.2 Å². The molecule has 39 heavy (non-hydrogen) atoms. The maximum absolute atomic E-state index is 13.8. The zero-order valence-electron chi connectivity index (χ0n) is 23.4. The van der Waals surface area contributed by atoms with Crippen molar-refractivity contribution in [3.8, 4) is 5.75 Å². The van der Waals surface area contributed by atoms with E-state index < -0.39 is 24.2 Å². The molecule has 1 aromatic rings. The molecule has 3 N–H and O–H groups in total. The summed E-state index contributed by atoms with van der Waals surface area (Å²) >= 11 is 0. The third kappa shape index (κ3) is 6.03. The van der Waals surface area contributed by atoms with E-state index in [1.165, 1.54) is 6.42 Å². The molecule has 4 aliphatic rings. The number of fused-ring (bicyclic) bond motifs is 3. The van der Waals surface area contributed by atoms with E-state index in [1.807, 2.05) is 24.3 Å². The summed E-state index contributed by atoms with van der Waals surface area (Å²) in [6, 6.07) is 6.81. The van der Waals surface area contributed by atoms with Crippen LogP contribution in [-0.4, -0.2) is 77.6 Å². The van der Waals surface area contributed by atoms with Gasteiger partial charge in [0.1, 0.15) is 24.6 Å².